The van der Waals surface area contributed by atoms with Crippen LogP contribution in [0.15, 0.2) is 18.2 Å². The SMILES string of the molecule is NC1(C(=O)Cc2ccc(F)c(F)c2)CCOCC1. The molecule has 0 spiro atoms. The van der Waals surface area contributed by atoms with Crippen LogP contribution in [0.1, 0.15) is 18.4 Å². The summed E-state index contributed by atoms with van der Waals surface area (Å²) in [5, 5.41) is 0. The van der Waals surface area contributed by atoms with Crippen LogP contribution < -0.4 is 5.73 Å². The highest BCUT2D eigenvalue weighted by Crippen LogP contribution is 2.21. The molecule has 5 heteroatoms. The summed E-state index contributed by atoms with van der Waals surface area (Å²) >= 11 is 0. The molecule has 0 bridgehead atoms. The summed E-state index contributed by atoms with van der Waals surface area (Å²) in [5.74, 6) is -2.02. The summed E-state index contributed by atoms with van der Waals surface area (Å²) in [7, 11) is 0. The van der Waals surface area contributed by atoms with Crippen molar-refractivity contribution in [2.75, 3.05) is 13.2 Å². The predicted molar refractivity (Wildman–Crippen MR) is 62.0 cm³/mol. The fourth-order valence-electron chi connectivity index (χ4n) is 2.03. The molecule has 1 fully saturated rings. The lowest BCUT2D eigenvalue weighted by Crippen LogP contribution is -2.52. The van der Waals surface area contributed by atoms with Gasteiger partial charge in [-0.05, 0) is 30.5 Å². The van der Waals surface area contributed by atoms with E-state index in [9.17, 15) is 13.6 Å². The summed E-state index contributed by atoms with van der Waals surface area (Å²) in [6.45, 7) is 0.917. The lowest BCUT2D eigenvalue weighted by molar-refractivity contribution is -0.126. The third-order valence-corrected chi connectivity index (χ3v) is 3.29. The molecule has 1 aliphatic rings. The number of hydrogen-bond acceptors (Lipinski definition) is 3. The Labute approximate surface area is 104 Å². The van der Waals surface area contributed by atoms with Crippen molar-refractivity contribution in [3.8, 4) is 0 Å². The van der Waals surface area contributed by atoms with Crippen LogP contribution in [-0.2, 0) is 16.0 Å². The number of Topliss-reactive ketones (excluding diaryl/α,β-unsaturated/α-hetero) is 1. The number of rotatable bonds is 3. The lowest BCUT2D eigenvalue weighted by atomic mass is 9.84. The molecule has 1 aromatic rings. The Kier molecular flexibility index (Phi) is 3.73. The zero-order valence-electron chi connectivity index (χ0n) is 9.92. The lowest BCUT2D eigenvalue weighted by Gasteiger charge is -2.31. The average molecular weight is 255 g/mol. The maximum atomic E-state index is 13.0. The fourth-order valence-corrected chi connectivity index (χ4v) is 2.03. The summed E-state index contributed by atoms with van der Waals surface area (Å²) in [4.78, 5) is 12.1. The van der Waals surface area contributed by atoms with Crippen LogP contribution >= 0.6 is 0 Å². The van der Waals surface area contributed by atoms with Gasteiger partial charge in [-0.25, -0.2) is 8.78 Å². The normalized spacial score (nSPS) is 18.6. The van der Waals surface area contributed by atoms with Gasteiger partial charge in [-0.1, -0.05) is 6.07 Å². The smallest absolute Gasteiger partial charge is 0.159 e. The van der Waals surface area contributed by atoms with Crippen LogP contribution in [0, 0.1) is 11.6 Å². The largest absolute Gasteiger partial charge is 0.381 e. The fraction of sp³-hybridized carbons (Fsp3) is 0.462. The van der Waals surface area contributed by atoms with Crippen molar-refractivity contribution in [1.82, 2.24) is 0 Å². The van der Waals surface area contributed by atoms with Crippen LogP contribution in [0.4, 0.5) is 8.78 Å². The third-order valence-electron chi connectivity index (χ3n) is 3.29. The number of halogens is 2. The van der Waals surface area contributed by atoms with Crippen LogP contribution in [-0.4, -0.2) is 24.5 Å². The van der Waals surface area contributed by atoms with E-state index in [2.05, 4.69) is 0 Å². The summed E-state index contributed by atoms with van der Waals surface area (Å²) in [5.41, 5.74) is 5.56. The van der Waals surface area contributed by atoms with Crippen molar-refractivity contribution in [3.63, 3.8) is 0 Å². The van der Waals surface area contributed by atoms with Crippen LogP contribution in [0.25, 0.3) is 0 Å². The molecule has 0 atom stereocenters. The van der Waals surface area contributed by atoms with E-state index in [1.165, 1.54) is 6.07 Å². The summed E-state index contributed by atoms with van der Waals surface area (Å²) in [6.07, 6.45) is 0.957. The van der Waals surface area contributed by atoms with Gasteiger partial charge in [0.2, 0.25) is 0 Å². The van der Waals surface area contributed by atoms with Gasteiger partial charge in [0.1, 0.15) is 0 Å². The quantitative estimate of drug-likeness (QED) is 0.892. The van der Waals surface area contributed by atoms with Gasteiger partial charge in [0, 0.05) is 19.6 Å². The van der Waals surface area contributed by atoms with E-state index >= 15 is 0 Å². The number of benzene rings is 1. The first kappa shape index (κ1) is 13.1. The monoisotopic (exact) mass is 255 g/mol. The molecule has 2 N–H and O–H groups in total. The Morgan fingerprint density at radius 2 is 1.94 bits per heavy atom. The van der Waals surface area contributed by atoms with Crippen molar-refractivity contribution in [2.45, 2.75) is 24.8 Å². The number of carbonyl (C=O) groups excluding carboxylic acids is 1. The van der Waals surface area contributed by atoms with Gasteiger partial charge in [-0.2, -0.15) is 0 Å². The topological polar surface area (TPSA) is 52.3 Å². The Balaban J connectivity index is 2.08. The number of ketones is 1. The van der Waals surface area contributed by atoms with E-state index < -0.39 is 17.2 Å². The molecule has 0 radical (unpaired) electrons. The molecular formula is C13H15F2NO2. The molecule has 3 nitrogen and oxygen atoms in total. The Bertz CT molecular complexity index is 456. The average Bonchev–Trinajstić information content (AvgIpc) is 2.35. The standard InChI is InChI=1S/C13H15F2NO2/c14-10-2-1-9(7-11(10)15)8-12(17)13(16)3-5-18-6-4-13/h1-2,7H,3-6,8,16H2. The molecule has 18 heavy (non-hydrogen) atoms. The van der Waals surface area contributed by atoms with E-state index in [4.69, 9.17) is 10.5 Å². The van der Waals surface area contributed by atoms with E-state index in [1.807, 2.05) is 0 Å². The first-order chi connectivity index (χ1) is 8.51. The molecule has 98 valence electrons. The molecule has 0 unspecified atom stereocenters. The van der Waals surface area contributed by atoms with Gasteiger partial charge in [-0.15, -0.1) is 0 Å². The van der Waals surface area contributed by atoms with Crippen molar-refractivity contribution < 1.29 is 18.3 Å². The van der Waals surface area contributed by atoms with E-state index in [1.54, 1.807) is 0 Å². The molecule has 1 aromatic carbocycles. The van der Waals surface area contributed by atoms with Gasteiger partial charge >= 0.3 is 0 Å². The molecule has 1 saturated heterocycles. The van der Waals surface area contributed by atoms with E-state index in [-0.39, 0.29) is 12.2 Å². The maximum Gasteiger partial charge on any atom is 0.159 e. The summed E-state index contributed by atoms with van der Waals surface area (Å²) in [6, 6.07) is 3.46. The number of hydrogen-bond donors (Lipinski definition) is 1. The van der Waals surface area contributed by atoms with Crippen molar-refractivity contribution in [1.29, 1.82) is 0 Å². The van der Waals surface area contributed by atoms with E-state index in [0.717, 1.165) is 12.1 Å². The molecule has 1 aliphatic heterocycles. The minimum absolute atomic E-state index is 0.0215. The second kappa shape index (κ2) is 5.12. The van der Waals surface area contributed by atoms with Crippen molar-refractivity contribution in [2.24, 2.45) is 5.73 Å². The molecule has 2 rings (SSSR count). The number of ether oxygens (including phenoxy) is 1. The first-order valence-corrected chi connectivity index (χ1v) is 5.85. The van der Waals surface area contributed by atoms with Gasteiger partial charge in [0.05, 0.1) is 5.54 Å². The summed E-state index contributed by atoms with van der Waals surface area (Å²) < 4.78 is 31.0. The van der Waals surface area contributed by atoms with Crippen LogP contribution in [0.3, 0.4) is 0 Å². The number of carbonyl (C=O) groups is 1. The zero-order chi connectivity index (χ0) is 13.2. The molecular weight excluding hydrogens is 240 g/mol. The van der Waals surface area contributed by atoms with Crippen LogP contribution in [0.5, 0.6) is 0 Å². The van der Waals surface area contributed by atoms with E-state index in [0.29, 0.717) is 31.6 Å². The third kappa shape index (κ3) is 2.73. The molecule has 1 heterocycles. The minimum atomic E-state index is -0.946. The minimum Gasteiger partial charge on any atom is -0.381 e. The molecule has 0 aromatic heterocycles. The second-order valence-electron chi connectivity index (χ2n) is 4.62. The molecule has 0 saturated carbocycles. The van der Waals surface area contributed by atoms with Crippen LogP contribution in [0.2, 0.25) is 0 Å². The highest BCUT2D eigenvalue weighted by atomic mass is 19.2. The number of nitrogens with two attached hydrogens (primary N) is 1. The Morgan fingerprint density at radius 3 is 2.56 bits per heavy atom. The Morgan fingerprint density at radius 1 is 1.28 bits per heavy atom. The molecule has 0 aliphatic carbocycles. The predicted octanol–water partition coefficient (Wildman–Crippen LogP) is 1.58. The highest BCUT2D eigenvalue weighted by molar-refractivity contribution is 5.90. The highest BCUT2D eigenvalue weighted by Gasteiger charge is 2.35. The molecule has 0 amide bonds. The van der Waals surface area contributed by atoms with Gasteiger partial charge < -0.3 is 10.5 Å². The Hall–Kier alpha value is -1.33. The van der Waals surface area contributed by atoms with Gasteiger partial charge in [0.15, 0.2) is 17.4 Å². The zero-order valence-corrected chi connectivity index (χ0v) is 9.92. The van der Waals surface area contributed by atoms with Crippen molar-refractivity contribution in [3.05, 3.63) is 35.4 Å². The van der Waals surface area contributed by atoms with Gasteiger partial charge in [-0.3, -0.25) is 4.79 Å². The maximum absolute atomic E-state index is 13.0. The first-order valence-electron chi connectivity index (χ1n) is 5.85. The van der Waals surface area contributed by atoms with Crippen molar-refractivity contribution >= 4 is 5.78 Å². The van der Waals surface area contributed by atoms with Gasteiger partial charge in [0.25, 0.3) is 0 Å². The second-order valence-corrected chi connectivity index (χ2v) is 4.62.